The van der Waals surface area contributed by atoms with Crippen molar-refractivity contribution >= 4 is 82.8 Å². The zero-order valence-corrected chi connectivity index (χ0v) is 32.4. The molecule has 3 nitrogen and oxygen atoms in total. The van der Waals surface area contributed by atoms with Gasteiger partial charge in [-0.2, -0.15) is 0 Å². The van der Waals surface area contributed by atoms with E-state index in [0.717, 1.165) is 93.9 Å². The molecule has 0 fully saturated rings. The molecule has 59 heavy (non-hydrogen) atoms. The summed E-state index contributed by atoms with van der Waals surface area (Å²) in [6.45, 7) is 8.23. The van der Waals surface area contributed by atoms with Gasteiger partial charge in [0.2, 0.25) is 0 Å². The van der Waals surface area contributed by atoms with Gasteiger partial charge in [0, 0.05) is 50.1 Å². The van der Waals surface area contributed by atoms with Gasteiger partial charge in [0.15, 0.2) is 0 Å². The van der Waals surface area contributed by atoms with Gasteiger partial charge >= 0.3 is 0 Å². The van der Waals surface area contributed by atoms with E-state index < -0.39 is 0 Å². The molecule has 0 aliphatic carbocycles. The maximum Gasteiger partial charge on any atom is 0.143 e. The standard InChI is InChI=1S/C56H39NO2/c1-3-5-20-45(34-38-27-32-54-52(35-38)51-31-30-41-16-8-9-22-48(41)56(51)59-54)57(46-21-12-18-43(37-46)44-29-28-40-15-6-7-17-42(40)36-44)33-14-19-39(4-2)47-24-13-25-50-49-23-10-11-26-53(49)58-55(47)50/h3-37H,1-2H2/b20-5-,33-14+,39-19+,45-34-. The first-order valence-corrected chi connectivity index (χ1v) is 19.8. The molecule has 0 saturated heterocycles. The number of hydrogen-bond donors (Lipinski definition) is 0. The molecule has 0 N–H and O–H groups in total. The lowest BCUT2D eigenvalue weighted by Crippen LogP contribution is -2.14. The van der Waals surface area contributed by atoms with Crippen molar-refractivity contribution < 1.29 is 8.83 Å². The summed E-state index contributed by atoms with van der Waals surface area (Å²) in [7, 11) is 0. The molecule has 0 aliphatic rings. The quantitative estimate of drug-likeness (QED) is 0.130. The van der Waals surface area contributed by atoms with E-state index >= 15 is 0 Å². The van der Waals surface area contributed by atoms with Crippen LogP contribution in [0.15, 0.2) is 234 Å². The van der Waals surface area contributed by atoms with Crippen LogP contribution in [-0.2, 0) is 0 Å². The van der Waals surface area contributed by atoms with E-state index in [-0.39, 0.29) is 0 Å². The summed E-state index contributed by atoms with van der Waals surface area (Å²) in [4.78, 5) is 2.22. The fourth-order valence-electron chi connectivity index (χ4n) is 8.15. The number of benzene rings is 8. The molecule has 0 bridgehead atoms. The van der Waals surface area contributed by atoms with Gasteiger partial charge in [-0.05, 0) is 99.1 Å². The van der Waals surface area contributed by atoms with E-state index in [1.807, 2.05) is 36.4 Å². The van der Waals surface area contributed by atoms with E-state index in [2.05, 4.69) is 194 Å². The fraction of sp³-hybridized carbons (Fsp3) is 0. The Morgan fingerprint density at radius 3 is 2.10 bits per heavy atom. The van der Waals surface area contributed by atoms with Crippen molar-refractivity contribution in [1.82, 2.24) is 0 Å². The predicted molar refractivity (Wildman–Crippen MR) is 251 cm³/mol. The van der Waals surface area contributed by atoms with Gasteiger partial charge in [-0.1, -0.05) is 159 Å². The zero-order valence-electron chi connectivity index (χ0n) is 32.4. The van der Waals surface area contributed by atoms with E-state index in [9.17, 15) is 0 Å². The van der Waals surface area contributed by atoms with Crippen LogP contribution in [0.2, 0.25) is 0 Å². The molecule has 0 unspecified atom stereocenters. The smallest absolute Gasteiger partial charge is 0.143 e. The Morgan fingerprint density at radius 1 is 0.508 bits per heavy atom. The molecule has 0 aliphatic heterocycles. The van der Waals surface area contributed by atoms with Crippen molar-refractivity contribution in [2.75, 3.05) is 4.90 Å². The summed E-state index contributed by atoms with van der Waals surface area (Å²) >= 11 is 0. The number of nitrogens with zero attached hydrogens (tertiary/aromatic N) is 1. The summed E-state index contributed by atoms with van der Waals surface area (Å²) in [6, 6.07) is 57.4. The minimum Gasteiger partial charge on any atom is -0.455 e. The van der Waals surface area contributed by atoms with Gasteiger partial charge in [0.25, 0.3) is 0 Å². The molecule has 10 aromatic rings. The lowest BCUT2D eigenvalue weighted by molar-refractivity contribution is 0.668. The number of furan rings is 2. The second-order valence-electron chi connectivity index (χ2n) is 14.6. The number of rotatable bonds is 10. The molecule has 280 valence electrons. The second kappa shape index (κ2) is 15.2. The Hall–Kier alpha value is -7.88. The molecule has 3 heteroatoms. The maximum atomic E-state index is 6.47. The Bertz CT molecular complexity index is 3380. The average Bonchev–Trinajstić information content (AvgIpc) is 3.87. The number of para-hydroxylation sites is 2. The van der Waals surface area contributed by atoms with Gasteiger partial charge in [-0.25, -0.2) is 0 Å². The highest BCUT2D eigenvalue weighted by atomic mass is 16.3. The summed E-state index contributed by atoms with van der Waals surface area (Å²) in [5.41, 5.74) is 10.7. The minimum absolute atomic E-state index is 0.845. The largest absolute Gasteiger partial charge is 0.455 e. The van der Waals surface area contributed by atoms with Crippen LogP contribution < -0.4 is 4.90 Å². The first-order chi connectivity index (χ1) is 29.1. The molecule has 10 rings (SSSR count). The Balaban J connectivity index is 1.11. The van der Waals surface area contributed by atoms with Crippen LogP contribution in [0, 0.1) is 0 Å². The molecular formula is C56H39NO2. The van der Waals surface area contributed by atoms with Crippen LogP contribution in [0.3, 0.4) is 0 Å². The monoisotopic (exact) mass is 757 g/mol. The van der Waals surface area contributed by atoms with Gasteiger partial charge in [-0.3, -0.25) is 0 Å². The highest BCUT2D eigenvalue weighted by molar-refractivity contribution is 6.15. The Labute approximate surface area is 342 Å². The first kappa shape index (κ1) is 35.5. The minimum atomic E-state index is 0.845. The molecule has 0 atom stereocenters. The lowest BCUT2D eigenvalue weighted by atomic mass is 10.0. The fourth-order valence-corrected chi connectivity index (χ4v) is 8.15. The highest BCUT2D eigenvalue weighted by Crippen LogP contribution is 2.37. The van der Waals surface area contributed by atoms with Gasteiger partial charge < -0.3 is 13.7 Å². The first-order valence-electron chi connectivity index (χ1n) is 19.8. The number of anilines is 1. The number of allylic oxidation sites excluding steroid dienone is 7. The average molecular weight is 758 g/mol. The SMILES string of the molecule is C=C/C=C\C(=C\c1ccc2oc3c4ccccc4ccc3c2c1)N(/C=C/C=C(\C=C)c1cccc2c1oc1ccccc12)c1cccc(-c2ccc3ccccc3c2)c1. The van der Waals surface area contributed by atoms with Crippen LogP contribution in [0.1, 0.15) is 11.1 Å². The Kier molecular flexibility index (Phi) is 9.17. The molecule has 0 radical (unpaired) electrons. The lowest BCUT2D eigenvalue weighted by Gasteiger charge is -2.23. The zero-order chi connectivity index (χ0) is 39.7. The summed E-state index contributed by atoms with van der Waals surface area (Å²) in [5, 5.41) is 9.04. The van der Waals surface area contributed by atoms with Crippen molar-refractivity contribution in [3.05, 3.63) is 236 Å². The normalized spacial score (nSPS) is 12.6. The van der Waals surface area contributed by atoms with E-state index in [0.29, 0.717) is 0 Å². The molecule has 0 amide bonds. The summed E-state index contributed by atoms with van der Waals surface area (Å²) < 4.78 is 12.9. The topological polar surface area (TPSA) is 29.5 Å². The van der Waals surface area contributed by atoms with Crippen molar-refractivity contribution in [1.29, 1.82) is 0 Å². The molecular weight excluding hydrogens is 719 g/mol. The van der Waals surface area contributed by atoms with E-state index in [4.69, 9.17) is 8.83 Å². The molecule has 2 aromatic heterocycles. The van der Waals surface area contributed by atoms with Crippen molar-refractivity contribution in [2.45, 2.75) is 0 Å². The second-order valence-corrected chi connectivity index (χ2v) is 14.6. The third kappa shape index (κ3) is 6.65. The maximum absolute atomic E-state index is 6.47. The molecule has 0 spiro atoms. The predicted octanol–water partition coefficient (Wildman–Crippen LogP) is 15.8. The van der Waals surface area contributed by atoms with Crippen LogP contribution in [0.5, 0.6) is 0 Å². The summed E-state index contributed by atoms with van der Waals surface area (Å²) in [5.74, 6) is 0. The number of fused-ring (bicyclic) bond motifs is 9. The van der Waals surface area contributed by atoms with Gasteiger partial charge in [0.05, 0.1) is 0 Å². The van der Waals surface area contributed by atoms with Crippen LogP contribution in [-0.4, -0.2) is 0 Å². The molecule has 0 saturated carbocycles. The number of hydrogen-bond acceptors (Lipinski definition) is 3. The highest BCUT2D eigenvalue weighted by Gasteiger charge is 2.15. The summed E-state index contributed by atoms with van der Waals surface area (Å²) in [6.07, 6.45) is 16.3. The van der Waals surface area contributed by atoms with Crippen LogP contribution in [0.4, 0.5) is 5.69 Å². The van der Waals surface area contributed by atoms with E-state index in [1.54, 1.807) is 0 Å². The van der Waals surface area contributed by atoms with Crippen molar-refractivity contribution in [3.63, 3.8) is 0 Å². The molecule has 8 aromatic carbocycles. The Morgan fingerprint density at radius 2 is 1.22 bits per heavy atom. The molecule has 2 heterocycles. The van der Waals surface area contributed by atoms with Crippen LogP contribution in [0.25, 0.3) is 88.2 Å². The third-order valence-corrected chi connectivity index (χ3v) is 11.0. The van der Waals surface area contributed by atoms with Crippen LogP contribution >= 0.6 is 0 Å². The van der Waals surface area contributed by atoms with Gasteiger partial charge in [-0.15, -0.1) is 0 Å². The van der Waals surface area contributed by atoms with E-state index in [1.165, 1.54) is 10.8 Å². The van der Waals surface area contributed by atoms with Gasteiger partial charge in [0.1, 0.15) is 22.3 Å². The third-order valence-electron chi connectivity index (χ3n) is 11.0. The van der Waals surface area contributed by atoms with Crippen molar-refractivity contribution in [3.8, 4) is 11.1 Å². The van der Waals surface area contributed by atoms with Crippen molar-refractivity contribution in [2.24, 2.45) is 0 Å².